The SMILES string of the molecule is Cc1ccc([C@@H](C)NC(C)c2cc(C)c(C)cc2C)cc1. The Kier molecular flexibility index (Phi) is 4.84. The minimum Gasteiger partial charge on any atom is -0.304 e. The van der Waals surface area contributed by atoms with Crippen LogP contribution in [0.15, 0.2) is 36.4 Å². The Bertz CT molecular complexity index is 610. The van der Waals surface area contributed by atoms with Gasteiger partial charge in [0.25, 0.3) is 0 Å². The number of hydrogen-bond donors (Lipinski definition) is 1. The molecule has 0 amide bonds. The van der Waals surface area contributed by atoms with Gasteiger partial charge in [0.15, 0.2) is 0 Å². The molecule has 2 atom stereocenters. The van der Waals surface area contributed by atoms with Gasteiger partial charge in [-0.25, -0.2) is 0 Å². The lowest BCUT2D eigenvalue weighted by molar-refractivity contribution is 0.493. The fraction of sp³-hybridized carbons (Fsp3) is 0.400. The number of rotatable bonds is 4. The molecule has 1 unspecified atom stereocenters. The molecule has 2 aromatic carbocycles. The third-order valence-electron chi connectivity index (χ3n) is 4.43. The van der Waals surface area contributed by atoms with Crippen LogP contribution in [0, 0.1) is 27.7 Å². The summed E-state index contributed by atoms with van der Waals surface area (Å²) in [7, 11) is 0. The normalized spacial score (nSPS) is 14.0. The van der Waals surface area contributed by atoms with E-state index in [0.29, 0.717) is 12.1 Å². The summed E-state index contributed by atoms with van der Waals surface area (Å²) in [5, 5.41) is 3.72. The van der Waals surface area contributed by atoms with Crippen molar-refractivity contribution in [2.24, 2.45) is 0 Å². The van der Waals surface area contributed by atoms with E-state index < -0.39 is 0 Å². The molecule has 0 aliphatic heterocycles. The Hall–Kier alpha value is -1.60. The fourth-order valence-electron chi connectivity index (χ4n) is 2.87. The molecule has 112 valence electrons. The molecule has 0 saturated heterocycles. The van der Waals surface area contributed by atoms with Gasteiger partial charge in [-0.15, -0.1) is 0 Å². The predicted molar refractivity (Wildman–Crippen MR) is 91.8 cm³/mol. The van der Waals surface area contributed by atoms with Crippen molar-refractivity contribution in [3.05, 3.63) is 69.8 Å². The average Bonchev–Trinajstić information content (AvgIpc) is 2.43. The van der Waals surface area contributed by atoms with E-state index >= 15 is 0 Å². The second kappa shape index (κ2) is 6.44. The largest absolute Gasteiger partial charge is 0.304 e. The number of aryl methyl sites for hydroxylation is 4. The monoisotopic (exact) mass is 281 g/mol. The molecule has 0 radical (unpaired) electrons. The highest BCUT2D eigenvalue weighted by molar-refractivity contribution is 5.38. The molecule has 2 rings (SSSR count). The molecule has 0 aromatic heterocycles. The lowest BCUT2D eigenvalue weighted by Gasteiger charge is -2.23. The zero-order chi connectivity index (χ0) is 15.6. The second-order valence-corrected chi connectivity index (χ2v) is 6.31. The van der Waals surface area contributed by atoms with E-state index in [0.717, 1.165) is 0 Å². The van der Waals surface area contributed by atoms with E-state index in [-0.39, 0.29) is 0 Å². The third-order valence-corrected chi connectivity index (χ3v) is 4.43. The van der Waals surface area contributed by atoms with E-state index in [1.54, 1.807) is 0 Å². The maximum absolute atomic E-state index is 3.72. The highest BCUT2D eigenvalue weighted by Gasteiger charge is 2.13. The quantitative estimate of drug-likeness (QED) is 0.798. The standard InChI is InChI=1S/C20H27N/c1-13-7-9-19(10-8-13)17(5)21-18(6)20-12-15(3)14(2)11-16(20)4/h7-12,17-18,21H,1-6H3/t17-,18?/m1/s1. The first-order chi connectivity index (χ1) is 9.88. The van der Waals surface area contributed by atoms with Crippen molar-refractivity contribution in [1.29, 1.82) is 0 Å². The highest BCUT2D eigenvalue weighted by atomic mass is 14.9. The van der Waals surface area contributed by atoms with Crippen LogP contribution < -0.4 is 5.32 Å². The number of nitrogens with one attached hydrogen (secondary N) is 1. The first kappa shape index (κ1) is 15.8. The summed E-state index contributed by atoms with van der Waals surface area (Å²) in [6, 6.07) is 14.1. The first-order valence-electron chi connectivity index (χ1n) is 7.79. The van der Waals surface area contributed by atoms with Crippen molar-refractivity contribution in [3.63, 3.8) is 0 Å². The summed E-state index contributed by atoms with van der Waals surface area (Å²) >= 11 is 0. The zero-order valence-electron chi connectivity index (χ0n) is 14.1. The molecule has 2 aromatic rings. The molecule has 1 heteroatoms. The van der Waals surface area contributed by atoms with Crippen LogP contribution in [-0.2, 0) is 0 Å². The van der Waals surface area contributed by atoms with E-state index in [9.17, 15) is 0 Å². The summed E-state index contributed by atoms with van der Waals surface area (Å²) < 4.78 is 0. The van der Waals surface area contributed by atoms with Crippen LogP contribution >= 0.6 is 0 Å². The Morgan fingerprint density at radius 3 is 1.90 bits per heavy atom. The van der Waals surface area contributed by atoms with Crippen molar-refractivity contribution < 1.29 is 0 Å². The Balaban J connectivity index is 2.15. The van der Waals surface area contributed by atoms with Crippen LogP contribution in [0.5, 0.6) is 0 Å². The van der Waals surface area contributed by atoms with Gasteiger partial charge in [-0.1, -0.05) is 42.0 Å². The summed E-state index contributed by atoms with van der Waals surface area (Å²) in [6.45, 7) is 13.2. The van der Waals surface area contributed by atoms with Crippen molar-refractivity contribution in [2.45, 2.75) is 53.6 Å². The number of benzene rings is 2. The highest BCUT2D eigenvalue weighted by Crippen LogP contribution is 2.24. The molecule has 0 heterocycles. The van der Waals surface area contributed by atoms with Gasteiger partial charge in [0.05, 0.1) is 0 Å². The third kappa shape index (κ3) is 3.74. The van der Waals surface area contributed by atoms with Gasteiger partial charge in [-0.2, -0.15) is 0 Å². The summed E-state index contributed by atoms with van der Waals surface area (Å²) in [4.78, 5) is 0. The van der Waals surface area contributed by atoms with Gasteiger partial charge in [0, 0.05) is 12.1 Å². The second-order valence-electron chi connectivity index (χ2n) is 6.31. The molecule has 0 aliphatic carbocycles. The van der Waals surface area contributed by atoms with Crippen molar-refractivity contribution in [3.8, 4) is 0 Å². The van der Waals surface area contributed by atoms with Gasteiger partial charge in [-0.05, 0) is 69.4 Å². The minimum absolute atomic E-state index is 0.348. The van der Waals surface area contributed by atoms with E-state index in [4.69, 9.17) is 0 Å². The minimum atomic E-state index is 0.348. The van der Waals surface area contributed by atoms with Crippen LogP contribution in [0.3, 0.4) is 0 Å². The summed E-state index contributed by atoms with van der Waals surface area (Å²) in [5.74, 6) is 0. The lowest BCUT2D eigenvalue weighted by Crippen LogP contribution is -2.23. The Labute approximate surface area is 129 Å². The van der Waals surface area contributed by atoms with Crippen molar-refractivity contribution in [2.75, 3.05) is 0 Å². The van der Waals surface area contributed by atoms with Crippen LogP contribution in [0.2, 0.25) is 0 Å². The van der Waals surface area contributed by atoms with E-state index in [1.807, 2.05) is 0 Å². The van der Waals surface area contributed by atoms with Crippen LogP contribution in [0.4, 0.5) is 0 Å². The van der Waals surface area contributed by atoms with Gasteiger partial charge < -0.3 is 5.32 Å². The smallest absolute Gasteiger partial charge is 0.0300 e. The van der Waals surface area contributed by atoms with Gasteiger partial charge in [0.2, 0.25) is 0 Å². The predicted octanol–water partition coefficient (Wildman–Crippen LogP) is 5.33. The molecule has 0 spiro atoms. The maximum atomic E-state index is 3.72. The summed E-state index contributed by atoms with van der Waals surface area (Å²) in [6.07, 6.45) is 0. The molecule has 0 fully saturated rings. The molecule has 1 N–H and O–H groups in total. The van der Waals surface area contributed by atoms with Gasteiger partial charge in [0.1, 0.15) is 0 Å². The molecule has 1 nitrogen and oxygen atoms in total. The molecule has 0 saturated carbocycles. The maximum Gasteiger partial charge on any atom is 0.0300 e. The molecule has 0 aliphatic rings. The Morgan fingerprint density at radius 2 is 1.29 bits per heavy atom. The topological polar surface area (TPSA) is 12.0 Å². The van der Waals surface area contributed by atoms with Crippen molar-refractivity contribution >= 4 is 0 Å². The molecule has 21 heavy (non-hydrogen) atoms. The molecule has 0 bridgehead atoms. The van der Waals surface area contributed by atoms with E-state index in [1.165, 1.54) is 33.4 Å². The average molecular weight is 281 g/mol. The number of hydrogen-bond acceptors (Lipinski definition) is 1. The van der Waals surface area contributed by atoms with Crippen LogP contribution in [0.1, 0.15) is 59.3 Å². The zero-order valence-corrected chi connectivity index (χ0v) is 14.1. The van der Waals surface area contributed by atoms with Gasteiger partial charge in [-0.3, -0.25) is 0 Å². The van der Waals surface area contributed by atoms with Crippen LogP contribution in [0.25, 0.3) is 0 Å². The molecular weight excluding hydrogens is 254 g/mol. The Morgan fingerprint density at radius 1 is 0.714 bits per heavy atom. The van der Waals surface area contributed by atoms with Gasteiger partial charge >= 0.3 is 0 Å². The van der Waals surface area contributed by atoms with Crippen molar-refractivity contribution in [1.82, 2.24) is 5.32 Å². The van der Waals surface area contributed by atoms with E-state index in [2.05, 4.69) is 83.3 Å². The summed E-state index contributed by atoms with van der Waals surface area (Å²) in [5.41, 5.74) is 8.16. The lowest BCUT2D eigenvalue weighted by atomic mass is 9.95. The fourth-order valence-corrected chi connectivity index (χ4v) is 2.87. The first-order valence-corrected chi connectivity index (χ1v) is 7.79. The molecular formula is C20H27N. The van der Waals surface area contributed by atoms with Crippen LogP contribution in [-0.4, -0.2) is 0 Å².